The highest BCUT2D eigenvalue weighted by atomic mass is 16.2. The molecule has 21 heavy (non-hydrogen) atoms. The van der Waals surface area contributed by atoms with Crippen LogP contribution in [0.25, 0.3) is 0 Å². The van der Waals surface area contributed by atoms with Crippen LogP contribution in [0.2, 0.25) is 0 Å². The number of allylic oxidation sites excluding steroid dienone is 2. The topological polar surface area (TPSA) is 46.2 Å². The molecule has 0 aliphatic heterocycles. The molecule has 3 atom stereocenters. The van der Waals surface area contributed by atoms with Gasteiger partial charge in [0.05, 0.1) is 0 Å². The van der Waals surface area contributed by atoms with E-state index in [2.05, 4.69) is 17.5 Å². The number of Topliss-reactive ketones (excluding diaryl/α,β-unsaturated/α-hetero) is 1. The lowest BCUT2D eigenvalue weighted by molar-refractivity contribution is -0.117. The van der Waals surface area contributed by atoms with E-state index in [0.717, 1.165) is 31.4 Å². The van der Waals surface area contributed by atoms with Crippen LogP contribution in [0.3, 0.4) is 0 Å². The molecule has 0 spiro atoms. The summed E-state index contributed by atoms with van der Waals surface area (Å²) in [6.45, 7) is 1.54. The Kier molecular flexibility index (Phi) is 3.91. The zero-order chi connectivity index (χ0) is 14.8. The van der Waals surface area contributed by atoms with Crippen LogP contribution in [-0.2, 0) is 4.79 Å². The van der Waals surface area contributed by atoms with E-state index in [1.54, 1.807) is 31.2 Å². The van der Waals surface area contributed by atoms with Crippen molar-refractivity contribution in [2.45, 2.75) is 32.6 Å². The molecule has 1 amide bonds. The zero-order valence-corrected chi connectivity index (χ0v) is 12.3. The lowest BCUT2D eigenvalue weighted by Crippen LogP contribution is -2.15. The van der Waals surface area contributed by atoms with E-state index in [4.69, 9.17) is 0 Å². The summed E-state index contributed by atoms with van der Waals surface area (Å²) in [5.74, 6) is 1.49. The van der Waals surface area contributed by atoms with E-state index >= 15 is 0 Å². The minimum Gasteiger partial charge on any atom is -0.326 e. The second kappa shape index (κ2) is 5.84. The van der Waals surface area contributed by atoms with Crippen molar-refractivity contribution in [3.63, 3.8) is 0 Å². The zero-order valence-electron chi connectivity index (χ0n) is 12.3. The molecule has 1 fully saturated rings. The molecule has 1 N–H and O–H groups in total. The van der Waals surface area contributed by atoms with Gasteiger partial charge in [-0.05, 0) is 68.7 Å². The molecule has 1 aromatic carbocycles. The number of rotatable bonds is 3. The molecule has 0 bridgehead atoms. The fourth-order valence-electron chi connectivity index (χ4n) is 3.45. The molecule has 1 unspecified atom stereocenters. The lowest BCUT2D eigenvalue weighted by Gasteiger charge is -2.05. The minimum atomic E-state index is 0.0427. The van der Waals surface area contributed by atoms with Gasteiger partial charge in [0.15, 0.2) is 5.78 Å². The normalized spacial score (nSPS) is 28.7. The Morgan fingerprint density at radius 3 is 2.10 bits per heavy atom. The van der Waals surface area contributed by atoms with Gasteiger partial charge in [-0.1, -0.05) is 12.2 Å². The Morgan fingerprint density at radius 1 is 1.00 bits per heavy atom. The average molecular weight is 283 g/mol. The van der Waals surface area contributed by atoms with Gasteiger partial charge < -0.3 is 5.32 Å². The maximum absolute atomic E-state index is 12.4. The van der Waals surface area contributed by atoms with Gasteiger partial charge in [0.25, 0.3) is 0 Å². The van der Waals surface area contributed by atoms with Crippen molar-refractivity contribution in [1.82, 2.24) is 0 Å². The van der Waals surface area contributed by atoms with E-state index in [-0.39, 0.29) is 17.6 Å². The largest absolute Gasteiger partial charge is 0.326 e. The number of ketones is 1. The first-order valence-corrected chi connectivity index (χ1v) is 7.73. The van der Waals surface area contributed by atoms with Gasteiger partial charge >= 0.3 is 0 Å². The van der Waals surface area contributed by atoms with Crippen molar-refractivity contribution in [2.24, 2.45) is 17.8 Å². The number of hydrogen-bond donors (Lipinski definition) is 1. The smallest absolute Gasteiger partial charge is 0.228 e. The molecule has 2 aliphatic carbocycles. The molecule has 3 nitrogen and oxygen atoms in total. The van der Waals surface area contributed by atoms with Gasteiger partial charge in [0.2, 0.25) is 5.91 Å². The molecule has 2 aliphatic rings. The minimum absolute atomic E-state index is 0.0427. The van der Waals surface area contributed by atoms with Crippen LogP contribution < -0.4 is 5.32 Å². The maximum Gasteiger partial charge on any atom is 0.228 e. The number of fused-ring (bicyclic) bond motifs is 1. The summed E-state index contributed by atoms with van der Waals surface area (Å²) in [6, 6.07) is 7.14. The molecule has 1 saturated carbocycles. The van der Waals surface area contributed by atoms with Crippen LogP contribution in [0.1, 0.15) is 43.0 Å². The summed E-state index contributed by atoms with van der Waals surface area (Å²) >= 11 is 0. The predicted octanol–water partition coefficient (Wildman–Crippen LogP) is 3.82. The molecule has 0 aromatic heterocycles. The number of anilines is 1. The average Bonchev–Trinajstić information content (AvgIpc) is 3.10. The lowest BCUT2D eigenvalue weighted by atomic mass is 10.1. The highest BCUT2D eigenvalue weighted by Gasteiger charge is 2.53. The standard InChI is InChI=1S/C18H21NO2/c1-12(20)13-8-10-14(11-9-13)19-18(21)17-15-6-4-2-3-5-7-16(15)17/h2-3,8-11,15-17H,4-7H2,1H3,(H,19,21)/b3-2-/t15-,16+,17?. The summed E-state index contributed by atoms with van der Waals surface area (Å²) < 4.78 is 0. The fourth-order valence-corrected chi connectivity index (χ4v) is 3.45. The van der Waals surface area contributed by atoms with Crippen molar-refractivity contribution in [3.8, 4) is 0 Å². The highest BCUT2D eigenvalue weighted by Crippen LogP contribution is 2.53. The van der Waals surface area contributed by atoms with E-state index in [9.17, 15) is 9.59 Å². The number of carbonyl (C=O) groups excluding carboxylic acids is 2. The Bertz CT molecular complexity index is 557. The Balaban J connectivity index is 1.61. The van der Waals surface area contributed by atoms with Gasteiger partial charge in [-0.3, -0.25) is 9.59 Å². The van der Waals surface area contributed by atoms with Crippen LogP contribution >= 0.6 is 0 Å². The first-order chi connectivity index (χ1) is 10.2. The summed E-state index contributed by atoms with van der Waals surface area (Å²) in [5, 5.41) is 3.00. The Hall–Kier alpha value is -1.90. The second-order valence-electron chi connectivity index (χ2n) is 6.10. The molecular weight excluding hydrogens is 262 g/mol. The summed E-state index contributed by atoms with van der Waals surface area (Å²) in [4.78, 5) is 23.6. The second-order valence-corrected chi connectivity index (χ2v) is 6.10. The van der Waals surface area contributed by atoms with Crippen molar-refractivity contribution in [3.05, 3.63) is 42.0 Å². The Labute approximate surface area is 125 Å². The van der Waals surface area contributed by atoms with E-state index in [1.165, 1.54) is 0 Å². The molecular formula is C18H21NO2. The summed E-state index contributed by atoms with van der Waals surface area (Å²) in [7, 11) is 0. The predicted molar refractivity (Wildman–Crippen MR) is 83.2 cm³/mol. The van der Waals surface area contributed by atoms with Crippen LogP contribution in [-0.4, -0.2) is 11.7 Å². The van der Waals surface area contributed by atoms with Crippen molar-refractivity contribution >= 4 is 17.4 Å². The fraction of sp³-hybridized carbons (Fsp3) is 0.444. The van der Waals surface area contributed by atoms with E-state index in [0.29, 0.717) is 17.4 Å². The van der Waals surface area contributed by atoms with Crippen molar-refractivity contribution < 1.29 is 9.59 Å². The number of nitrogens with one attached hydrogen (secondary N) is 1. The number of amides is 1. The number of benzene rings is 1. The van der Waals surface area contributed by atoms with Gasteiger partial charge in [0.1, 0.15) is 0 Å². The third-order valence-electron chi connectivity index (χ3n) is 4.69. The molecule has 3 rings (SSSR count). The quantitative estimate of drug-likeness (QED) is 0.677. The molecule has 1 aromatic rings. The first kappa shape index (κ1) is 14.1. The van der Waals surface area contributed by atoms with Gasteiger partial charge in [0, 0.05) is 17.2 Å². The third kappa shape index (κ3) is 3.07. The maximum atomic E-state index is 12.4. The van der Waals surface area contributed by atoms with Crippen LogP contribution in [0.5, 0.6) is 0 Å². The molecule has 0 radical (unpaired) electrons. The van der Waals surface area contributed by atoms with Crippen LogP contribution in [0.15, 0.2) is 36.4 Å². The molecule has 3 heteroatoms. The van der Waals surface area contributed by atoms with Crippen molar-refractivity contribution in [2.75, 3.05) is 5.32 Å². The summed E-state index contributed by atoms with van der Waals surface area (Å²) in [6.07, 6.45) is 8.93. The SMILES string of the molecule is CC(=O)c1ccc(NC(=O)C2[C@H]3CC/C=C\CC[C@@H]23)cc1. The molecule has 0 heterocycles. The third-order valence-corrected chi connectivity index (χ3v) is 4.69. The van der Waals surface area contributed by atoms with Crippen LogP contribution in [0.4, 0.5) is 5.69 Å². The number of carbonyl (C=O) groups is 2. The molecule has 110 valence electrons. The highest BCUT2D eigenvalue weighted by molar-refractivity contribution is 5.97. The van der Waals surface area contributed by atoms with Crippen LogP contribution in [0, 0.1) is 17.8 Å². The molecule has 0 saturated heterocycles. The number of hydrogen-bond acceptors (Lipinski definition) is 2. The van der Waals surface area contributed by atoms with Gasteiger partial charge in [-0.25, -0.2) is 0 Å². The van der Waals surface area contributed by atoms with Gasteiger partial charge in [-0.15, -0.1) is 0 Å². The summed E-state index contributed by atoms with van der Waals surface area (Å²) in [5.41, 5.74) is 1.45. The van der Waals surface area contributed by atoms with Gasteiger partial charge in [-0.2, -0.15) is 0 Å². The Morgan fingerprint density at radius 2 is 1.57 bits per heavy atom. The van der Waals surface area contributed by atoms with Crippen molar-refractivity contribution in [1.29, 1.82) is 0 Å². The first-order valence-electron chi connectivity index (χ1n) is 7.73. The van der Waals surface area contributed by atoms with E-state index in [1.807, 2.05) is 0 Å². The van der Waals surface area contributed by atoms with E-state index < -0.39 is 0 Å². The monoisotopic (exact) mass is 283 g/mol.